The Balaban J connectivity index is 1.49. The van der Waals surface area contributed by atoms with Crippen LogP contribution in [0.15, 0.2) is 42.6 Å². The highest BCUT2D eigenvalue weighted by Crippen LogP contribution is 2.27. The van der Waals surface area contributed by atoms with Crippen molar-refractivity contribution in [3.8, 4) is 5.75 Å². The van der Waals surface area contributed by atoms with E-state index in [1.165, 1.54) is 17.2 Å². The maximum Gasteiger partial charge on any atom is 0.250 e. The number of nitrogens with one attached hydrogen (secondary N) is 1. The minimum atomic E-state index is -0.680. The van der Waals surface area contributed by atoms with Crippen molar-refractivity contribution in [1.82, 2.24) is 14.8 Å². The first kappa shape index (κ1) is 26.4. The van der Waals surface area contributed by atoms with Crippen molar-refractivity contribution < 1.29 is 28.2 Å². The third kappa shape index (κ3) is 5.86. The Morgan fingerprint density at radius 1 is 1.22 bits per heavy atom. The quantitative estimate of drug-likeness (QED) is 0.391. The van der Waals surface area contributed by atoms with Gasteiger partial charge in [0.1, 0.15) is 30.8 Å². The molecule has 1 fully saturated rings. The molecule has 1 aliphatic rings. The monoisotopic (exact) mass is 530 g/mol. The second-order valence-electron chi connectivity index (χ2n) is 8.73. The molecule has 0 saturated carbocycles. The minimum absolute atomic E-state index is 0.0223. The van der Waals surface area contributed by atoms with Crippen LogP contribution < -0.4 is 15.8 Å². The van der Waals surface area contributed by atoms with E-state index in [1.807, 2.05) is 0 Å². The molecule has 0 aliphatic carbocycles. The molecule has 1 saturated heterocycles. The van der Waals surface area contributed by atoms with Crippen LogP contribution in [0.4, 0.5) is 4.39 Å². The van der Waals surface area contributed by atoms with Crippen LogP contribution in [0, 0.1) is 5.82 Å². The van der Waals surface area contributed by atoms with Crippen LogP contribution in [0.2, 0.25) is 5.02 Å². The number of nitrogens with two attached hydrogens (primary N) is 1. The molecule has 0 bridgehead atoms. The van der Waals surface area contributed by atoms with Crippen LogP contribution in [0.25, 0.3) is 10.9 Å². The summed E-state index contributed by atoms with van der Waals surface area (Å²) in [5.41, 5.74) is 6.71. The number of ether oxygens (including phenoxy) is 2. The predicted octanol–water partition coefficient (Wildman–Crippen LogP) is 2.87. The summed E-state index contributed by atoms with van der Waals surface area (Å²) in [6.45, 7) is 1.02. The Bertz CT molecular complexity index is 1330. The van der Waals surface area contributed by atoms with Crippen molar-refractivity contribution in [1.29, 1.82) is 0 Å². The van der Waals surface area contributed by atoms with E-state index >= 15 is 0 Å². The molecule has 0 unspecified atom stereocenters. The van der Waals surface area contributed by atoms with Gasteiger partial charge in [-0.25, -0.2) is 4.39 Å². The zero-order valence-electron chi connectivity index (χ0n) is 20.3. The normalized spacial score (nSPS) is 15.2. The van der Waals surface area contributed by atoms with Gasteiger partial charge in [-0.05, 0) is 31.0 Å². The summed E-state index contributed by atoms with van der Waals surface area (Å²) in [7, 11) is 1.57. The van der Waals surface area contributed by atoms with Gasteiger partial charge in [-0.1, -0.05) is 23.7 Å². The molecule has 2 aromatic carbocycles. The number of primary amides is 1. The van der Waals surface area contributed by atoms with Crippen molar-refractivity contribution in [2.45, 2.75) is 32.0 Å². The highest BCUT2D eigenvalue weighted by Gasteiger charge is 2.34. The summed E-state index contributed by atoms with van der Waals surface area (Å²) in [5.74, 6) is -1.30. The van der Waals surface area contributed by atoms with E-state index in [9.17, 15) is 18.8 Å². The summed E-state index contributed by atoms with van der Waals surface area (Å²) in [6.07, 6.45) is 2.69. The lowest BCUT2D eigenvalue weighted by Gasteiger charge is -2.24. The summed E-state index contributed by atoms with van der Waals surface area (Å²) in [6, 6.07) is 9.08. The molecule has 196 valence electrons. The largest absolute Gasteiger partial charge is 0.491 e. The van der Waals surface area contributed by atoms with E-state index < -0.39 is 17.8 Å². The maximum atomic E-state index is 14.2. The SMILES string of the molecule is COCCOc1ccc2c(C(N)=O)cn(CC(=O)N3CCC[C@H]3C(=O)NCc3cccc(Cl)c3F)c2c1. The second kappa shape index (κ2) is 11.6. The van der Waals surface area contributed by atoms with Crippen molar-refractivity contribution in [2.75, 3.05) is 26.9 Å². The fourth-order valence-corrected chi connectivity index (χ4v) is 4.69. The third-order valence-corrected chi connectivity index (χ3v) is 6.63. The van der Waals surface area contributed by atoms with Gasteiger partial charge in [0, 0.05) is 43.4 Å². The number of benzene rings is 2. The molecule has 11 heteroatoms. The lowest BCUT2D eigenvalue weighted by atomic mass is 10.1. The van der Waals surface area contributed by atoms with Crippen molar-refractivity contribution in [3.63, 3.8) is 0 Å². The summed E-state index contributed by atoms with van der Waals surface area (Å²) >= 11 is 5.82. The van der Waals surface area contributed by atoms with Gasteiger partial charge in [0.25, 0.3) is 5.91 Å². The van der Waals surface area contributed by atoms with Gasteiger partial charge >= 0.3 is 0 Å². The molecular formula is C26H28ClFN4O5. The van der Waals surface area contributed by atoms with Gasteiger partial charge in [-0.15, -0.1) is 0 Å². The summed E-state index contributed by atoms with van der Waals surface area (Å²) in [4.78, 5) is 39.7. The number of carbonyl (C=O) groups is 3. The first-order valence-corrected chi connectivity index (χ1v) is 12.2. The Labute approximate surface area is 218 Å². The van der Waals surface area contributed by atoms with Gasteiger partial charge in [0.2, 0.25) is 11.8 Å². The number of hydrogen-bond acceptors (Lipinski definition) is 5. The van der Waals surface area contributed by atoms with Crippen LogP contribution in [0.3, 0.4) is 0 Å². The third-order valence-electron chi connectivity index (χ3n) is 6.34. The molecule has 4 rings (SSSR count). The Morgan fingerprint density at radius 3 is 2.78 bits per heavy atom. The van der Waals surface area contributed by atoms with Crippen LogP contribution in [-0.2, 0) is 27.4 Å². The molecule has 1 atom stereocenters. The molecule has 9 nitrogen and oxygen atoms in total. The number of aromatic nitrogens is 1. The van der Waals surface area contributed by atoms with Crippen LogP contribution in [0.5, 0.6) is 5.75 Å². The average molecular weight is 531 g/mol. The lowest BCUT2D eigenvalue weighted by Crippen LogP contribution is -2.46. The number of nitrogens with zero attached hydrogens (tertiary/aromatic N) is 2. The molecule has 1 aliphatic heterocycles. The number of likely N-dealkylation sites (tertiary alicyclic amines) is 1. The predicted molar refractivity (Wildman–Crippen MR) is 136 cm³/mol. The van der Waals surface area contributed by atoms with Gasteiger partial charge in [-0.2, -0.15) is 0 Å². The number of fused-ring (bicyclic) bond motifs is 1. The fourth-order valence-electron chi connectivity index (χ4n) is 4.49. The molecule has 3 aromatic rings. The van der Waals surface area contributed by atoms with E-state index in [1.54, 1.807) is 42.0 Å². The molecular weight excluding hydrogens is 503 g/mol. The summed E-state index contributed by atoms with van der Waals surface area (Å²) in [5, 5.41) is 3.29. The smallest absolute Gasteiger partial charge is 0.250 e. The molecule has 0 radical (unpaired) electrons. The van der Waals surface area contributed by atoms with Crippen LogP contribution in [0.1, 0.15) is 28.8 Å². The average Bonchev–Trinajstić information content (AvgIpc) is 3.50. The van der Waals surface area contributed by atoms with Crippen LogP contribution >= 0.6 is 11.6 Å². The number of carbonyl (C=O) groups excluding carboxylic acids is 3. The van der Waals surface area contributed by atoms with E-state index in [0.717, 1.165) is 0 Å². The lowest BCUT2D eigenvalue weighted by molar-refractivity contribution is -0.138. The van der Waals surface area contributed by atoms with Gasteiger partial charge in [-0.3, -0.25) is 14.4 Å². The molecule has 2 heterocycles. The Morgan fingerprint density at radius 2 is 2.03 bits per heavy atom. The second-order valence-corrected chi connectivity index (χ2v) is 9.14. The van der Waals surface area contributed by atoms with E-state index in [0.29, 0.717) is 49.3 Å². The zero-order chi connectivity index (χ0) is 26.5. The van der Waals surface area contributed by atoms with Gasteiger partial charge in [0.15, 0.2) is 0 Å². The minimum Gasteiger partial charge on any atom is -0.491 e. The number of halogens is 2. The number of rotatable bonds is 10. The van der Waals surface area contributed by atoms with Crippen molar-refractivity contribution >= 4 is 40.2 Å². The van der Waals surface area contributed by atoms with Crippen LogP contribution in [-0.4, -0.2) is 60.1 Å². The first-order valence-electron chi connectivity index (χ1n) is 11.8. The molecule has 37 heavy (non-hydrogen) atoms. The Hall–Kier alpha value is -3.63. The number of methoxy groups -OCH3 is 1. The standard InChI is InChI=1S/C26H28ClFN4O5/c1-36-10-11-37-17-7-8-18-19(25(29)34)14-31(22(18)12-17)15-23(33)32-9-3-6-21(32)26(35)30-13-16-4-2-5-20(27)24(16)28/h2,4-5,7-8,12,14,21H,3,6,9-11,13,15H2,1H3,(H2,29,34)(H,30,35)/t21-/m0/s1. The first-order chi connectivity index (χ1) is 17.8. The van der Waals surface area contributed by atoms with Crippen molar-refractivity contribution in [3.05, 3.63) is 64.6 Å². The highest BCUT2D eigenvalue weighted by molar-refractivity contribution is 6.30. The van der Waals surface area contributed by atoms with Gasteiger partial charge in [0.05, 0.1) is 22.7 Å². The number of hydrogen-bond donors (Lipinski definition) is 2. The topological polar surface area (TPSA) is 116 Å². The Kier molecular flexibility index (Phi) is 8.30. The summed E-state index contributed by atoms with van der Waals surface area (Å²) < 4.78 is 26.5. The molecule has 3 N–H and O–H groups in total. The zero-order valence-corrected chi connectivity index (χ0v) is 21.1. The highest BCUT2D eigenvalue weighted by atomic mass is 35.5. The maximum absolute atomic E-state index is 14.2. The molecule has 1 aromatic heterocycles. The molecule has 0 spiro atoms. The van der Waals surface area contributed by atoms with Gasteiger partial charge < -0.3 is 30.0 Å². The van der Waals surface area contributed by atoms with E-state index in [-0.39, 0.29) is 41.1 Å². The fraction of sp³-hybridized carbons (Fsp3) is 0.346. The van der Waals surface area contributed by atoms with E-state index in [4.69, 9.17) is 26.8 Å². The molecule has 3 amide bonds. The number of amides is 3. The van der Waals surface area contributed by atoms with E-state index in [2.05, 4.69) is 5.32 Å². The van der Waals surface area contributed by atoms with Crippen molar-refractivity contribution in [2.24, 2.45) is 5.73 Å².